The second-order valence-electron chi connectivity index (χ2n) is 6.48. The van der Waals surface area contributed by atoms with Gasteiger partial charge < -0.3 is 4.90 Å². The summed E-state index contributed by atoms with van der Waals surface area (Å²) in [5.74, 6) is -0.238. The molecule has 1 saturated heterocycles. The van der Waals surface area contributed by atoms with Gasteiger partial charge in [0.1, 0.15) is 11.3 Å². The van der Waals surface area contributed by atoms with Crippen LogP contribution in [0.4, 0.5) is 10.1 Å². The fourth-order valence-corrected chi connectivity index (χ4v) is 3.80. The summed E-state index contributed by atoms with van der Waals surface area (Å²) in [5.41, 5.74) is 3.36. The summed E-state index contributed by atoms with van der Waals surface area (Å²) in [6.07, 6.45) is 5.12. The van der Waals surface area contributed by atoms with Crippen LogP contribution in [-0.4, -0.2) is 28.8 Å². The Morgan fingerprint density at radius 3 is 2.58 bits per heavy atom. The zero-order valence-corrected chi connectivity index (χ0v) is 15.6. The number of nitrogens with zero attached hydrogens (tertiary/aromatic N) is 3. The number of hydrogen-bond donors (Lipinski definition) is 0. The topological polar surface area (TPSA) is 46.1 Å². The molecular weight excluding hydrogens is 397 g/mol. The van der Waals surface area contributed by atoms with Crippen molar-refractivity contribution in [3.8, 4) is 0 Å². The summed E-state index contributed by atoms with van der Waals surface area (Å²) in [6, 6.07) is 9.76. The minimum Gasteiger partial charge on any atom is -0.370 e. The minimum absolute atomic E-state index is 0.0214. The number of carbonyl (C=O) groups is 1. The van der Waals surface area contributed by atoms with E-state index >= 15 is 0 Å². The van der Waals surface area contributed by atoms with Crippen LogP contribution in [0, 0.1) is 11.7 Å². The number of benzene rings is 1. The molecule has 0 spiro atoms. The van der Waals surface area contributed by atoms with Gasteiger partial charge in [-0.2, -0.15) is 0 Å². The highest BCUT2D eigenvalue weighted by atomic mass is 79.9. The van der Waals surface area contributed by atoms with Crippen molar-refractivity contribution >= 4 is 38.4 Å². The molecule has 1 aliphatic rings. The molecule has 0 bridgehead atoms. The Bertz CT molecular complexity index is 953. The molecule has 0 aliphatic carbocycles. The minimum atomic E-state index is -0.319. The van der Waals surface area contributed by atoms with Crippen molar-refractivity contribution < 1.29 is 9.18 Å². The maximum atomic E-state index is 13.1. The van der Waals surface area contributed by atoms with E-state index in [0.717, 1.165) is 47.1 Å². The third kappa shape index (κ3) is 3.33. The first-order valence-electron chi connectivity index (χ1n) is 8.57. The van der Waals surface area contributed by atoms with Crippen LogP contribution in [0.25, 0.3) is 11.0 Å². The van der Waals surface area contributed by atoms with E-state index in [4.69, 9.17) is 0 Å². The highest BCUT2D eigenvalue weighted by molar-refractivity contribution is 9.10. The molecule has 1 aromatic carbocycles. The number of rotatable bonds is 3. The molecule has 0 amide bonds. The number of ketones is 1. The van der Waals surface area contributed by atoms with Crippen molar-refractivity contribution in [1.82, 2.24) is 9.97 Å². The van der Waals surface area contributed by atoms with Crippen LogP contribution < -0.4 is 4.90 Å². The number of fused-ring (bicyclic) bond motifs is 1. The largest absolute Gasteiger partial charge is 0.370 e. The predicted molar refractivity (Wildman–Crippen MR) is 103 cm³/mol. The Morgan fingerprint density at radius 1 is 1.12 bits per heavy atom. The van der Waals surface area contributed by atoms with Crippen molar-refractivity contribution in [1.29, 1.82) is 0 Å². The Balaban J connectivity index is 1.50. The Kier molecular flexibility index (Phi) is 4.68. The van der Waals surface area contributed by atoms with Crippen LogP contribution in [0.5, 0.6) is 0 Å². The van der Waals surface area contributed by atoms with Crippen LogP contribution in [0.2, 0.25) is 0 Å². The van der Waals surface area contributed by atoms with Gasteiger partial charge in [0.15, 0.2) is 5.78 Å². The monoisotopic (exact) mass is 413 g/mol. The summed E-state index contributed by atoms with van der Waals surface area (Å²) in [7, 11) is 0. The quantitative estimate of drug-likeness (QED) is 0.587. The highest BCUT2D eigenvalue weighted by Crippen LogP contribution is 2.30. The van der Waals surface area contributed by atoms with E-state index in [9.17, 15) is 9.18 Å². The van der Waals surface area contributed by atoms with Gasteiger partial charge in [-0.1, -0.05) is 0 Å². The van der Waals surface area contributed by atoms with E-state index in [1.165, 1.54) is 12.1 Å². The summed E-state index contributed by atoms with van der Waals surface area (Å²) in [4.78, 5) is 23.8. The molecule has 3 aromatic rings. The Hall–Kier alpha value is -2.34. The number of Topliss-reactive ketones (excluding diaryl/α,β-unsaturated/α-hetero) is 1. The standard InChI is InChI=1S/C20H17BrFN3O/c21-15-11-17-19(24-12-15)18(5-8-23-17)25-9-6-14(7-10-25)20(26)13-1-3-16(22)4-2-13/h1-5,8,11-12,14H,6-7,9-10H2. The number of pyridine rings is 2. The van der Waals surface area contributed by atoms with E-state index in [1.54, 1.807) is 24.5 Å². The fraction of sp³-hybridized carbons (Fsp3) is 0.250. The molecular formula is C20H17BrFN3O. The first-order chi connectivity index (χ1) is 12.6. The predicted octanol–water partition coefficient (Wildman–Crippen LogP) is 4.63. The molecule has 0 saturated carbocycles. The van der Waals surface area contributed by atoms with Crippen molar-refractivity contribution in [2.75, 3.05) is 18.0 Å². The molecule has 3 heterocycles. The third-order valence-electron chi connectivity index (χ3n) is 4.86. The fourth-order valence-electron chi connectivity index (χ4n) is 3.48. The second kappa shape index (κ2) is 7.11. The average molecular weight is 414 g/mol. The summed E-state index contributed by atoms with van der Waals surface area (Å²) in [6.45, 7) is 1.57. The van der Waals surface area contributed by atoms with E-state index < -0.39 is 0 Å². The average Bonchev–Trinajstić information content (AvgIpc) is 2.67. The molecule has 6 heteroatoms. The van der Waals surface area contributed by atoms with E-state index in [2.05, 4.69) is 30.8 Å². The molecule has 4 nitrogen and oxygen atoms in total. The lowest BCUT2D eigenvalue weighted by atomic mass is 9.88. The second-order valence-corrected chi connectivity index (χ2v) is 7.40. The molecule has 2 aromatic heterocycles. The van der Waals surface area contributed by atoms with Crippen LogP contribution >= 0.6 is 15.9 Å². The molecule has 26 heavy (non-hydrogen) atoms. The number of carbonyl (C=O) groups excluding carboxylic acids is 1. The summed E-state index contributed by atoms with van der Waals surface area (Å²) < 4.78 is 14.0. The Labute approximate surface area is 159 Å². The van der Waals surface area contributed by atoms with Crippen LogP contribution in [0.1, 0.15) is 23.2 Å². The zero-order chi connectivity index (χ0) is 18.1. The highest BCUT2D eigenvalue weighted by Gasteiger charge is 2.26. The molecule has 0 atom stereocenters. The molecule has 1 aliphatic heterocycles. The first-order valence-corrected chi connectivity index (χ1v) is 9.36. The molecule has 0 radical (unpaired) electrons. The van der Waals surface area contributed by atoms with Gasteiger partial charge in [-0.25, -0.2) is 4.39 Å². The SMILES string of the molecule is O=C(c1ccc(F)cc1)C1CCN(c2ccnc3cc(Br)cnc23)CC1. The molecule has 0 unspecified atom stereocenters. The zero-order valence-electron chi connectivity index (χ0n) is 14.0. The van der Waals surface area contributed by atoms with Crippen molar-refractivity contribution in [3.05, 3.63) is 64.6 Å². The third-order valence-corrected chi connectivity index (χ3v) is 5.29. The van der Waals surface area contributed by atoms with Crippen molar-refractivity contribution in [2.45, 2.75) is 12.8 Å². The van der Waals surface area contributed by atoms with E-state index in [1.807, 2.05) is 12.1 Å². The molecule has 4 rings (SSSR count). The Morgan fingerprint density at radius 2 is 1.85 bits per heavy atom. The van der Waals surface area contributed by atoms with Gasteiger partial charge in [-0.05, 0) is 65.2 Å². The van der Waals surface area contributed by atoms with Gasteiger partial charge in [0.2, 0.25) is 0 Å². The van der Waals surface area contributed by atoms with Gasteiger partial charge in [0, 0.05) is 41.4 Å². The maximum Gasteiger partial charge on any atom is 0.166 e. The van der Waals surface area contributed by atoms with Crippen molar-refractivity contribution in [2.24, 2.45) is 5.92 Å². The lowest BCUT2D eigenvalue weighted by Gasteiger charge is -2.33. The summed E-state index contributed by atoms with van der Waals surface area (Å²) >= 11 is 3.43. The van der Waals surface area contributed by atoms with Crippen LogP contribution in [0.3, 0.4) is 0 Å². The number of piperidine rings is 1. The number of anilines is 1. The van der Waals surface area contributed by atoms with Crippen LogP contribution in [0.15, 0.2) is 53.3 Å². The summed E-state index contributed by atoms with van der Waals surface area (Å²) in [5, 5.41) is 0. The van der Waals surface area contributed by atoms with Gasteiger partial charge >= 0.3 is 0 Å². The van der Waals surface area contributed by atoms with Gasteiger partial charge in [0.25, 0.3) is 0 Å². The number of hydrogen-bond acceptors (Lipinski definition) is 4. The van der Waals surface area contributed by atoms with Crippen molar-refractivity contribution in [3.63, 3.8) is 0 Å². The number of halogens is 2. The lowest BCUT2D eigenvalue weighted by molar-refractivity contribution is 0.0900. The maximum absolute atomic E-state index is 13.1. The van der Waals surface area contributed by atoms with E-state index in [-0.39, 0.29) is 17.5 Å². The van der Waals surface area contributed by atoms with Crippen LogP contribution in [-0.2, 0) is 0 Å². The molecule has 1 fully saturated rings. The first kappa shape index (κ1) is 17.1. The van der Waals surface area contributed by atoms with Gasteiger partial charge in [-0.3, -0.25) is 14.8 Å². The lowest BCUT2D eigenvalue weighted by Crippen LogP contribution is -2.36. The number of aromatic nitrogens is 2. The molecule has 0 N–H and O–H groups in total. The normalized spacial score (nSPS) is 15.4. The van der Waals surface area contributed by atoms with E-state index in [0.29, 0.717) is 5.56 Å². The van der Waals surface area contributed by atoms with Gasteiger partial charge in [-0.15, -0.1) is 0 Å². The smallest absolute Gasteiger partial charge is 0.166 e. The van der Waals surface area contributed by atoms with Gasteiger partial charge in [0.05, 0.1) is 11.2 Å². The molecule has 132 valence electrons.